The number of benzene rings is 1. The van der Waals surface area contributed by atoms with Gasteiger partial charge in [0.1, 0.15) is 5.82 Å². The highest BCUT2D eigenvalue weighted by Gasteiger charge is 2.04. The predicted octanol–water partition coefficient (Wildman–Crippen LogP) is 1.54. The van der Waals surface area contributed by atoms with Gasteiger partial charge in [0.2, 0.25) is 5.91 Å². The molecule has 0 aliphatic heterocycles. The van der Waals surface area contributed by atoms with Crippen molar-refractivity contribution >= 4 is 22.8 Å². The van der Waals surface area contributed by atoms with Crippen molar-refractivity contribution in [2.24, 2.45) is 0 Å². The van der Waals surface area contributed by atoms with Gasteiger partial charge in [0, 0.05) is 12.5 Å². The van der Waals surface area contributed by atoms with Crippen molar-refractivity contribution in [3.8, 4) is 0 Å². The molecule has 108 valence electrons. The van der Waals surface area contributed by atoms with E-state index in [-0.39, 0.29) is 11.6 Å². The largest absolute Gasteiger partial charge is 0.323 e. The van der Waals surface area contributed by atoms with Crippen LogP contribution < -0.4 is 11.0 Å². The van der Waals surface area contributed by atoms with Gasteiger partial charge >= 0.3 is 5.69 Å². The first kappa shape index (κ1) is 13.2. The molecule has 0 fully saturated rings. The van der Waals surface area contributed by atoms with E-state index in [1.54, 1.807) is 12.3 Å². The highest BCUT2D eigenvalue weighted by Crippen LogP contribution is 2.12. The van der Waals surface area contributed by atoms with E-state index in [0.717, 1.165) is 29.4 Å². The molecule has 0 spiro atoms. The van der Waals surface area contributed by atoms with Crippen molar-refractivity contribution in [2.45, 2.75) is 19.3 Å². The molecule has 7 heteroatoms. The minimum atomic E-state index is -0.207. The number of nitrogens with one attached hydrogen (secondary N) is 4. The molecule has 0 aliphatic rings. The Morgan fingerprint density at radius 3 is 2.86 bits per heavy atom. The number of hydrogen-bond acceptors (Lipinski definition) is 3. The van der Waals surface area contributed by atoms with Crippen molar-refractivity contribution in [1.29, 1.82) is 0 Å². The minimum Gasteiger partial charge on any atom is -0.311 e. The number of anilines is 1. The van der Waals surface area contributed by atoms with Crippen molar-refractivity contribution in [3.05, 3.63) is 46.5 Å². The van der Waals surface area contributed by atoms with E-state index in [2.05, 4.69) is 25.5 Å². The van der Waals surface area contributed by atoms with Crippen molar-refractivity contribution in [3.63, 3.8) is 0 Å². The molecule has 0 aliphatic carbocycles. The molecule has 0 bridgehead atoms. The second-order valence-electron chi connectivity index (χ2n) is 4.83. The van der Waals surface area contributed by atoms with Crippen LogP contribution in [0.15, 0.2) is 35.3 Å². The first-order valence-electron chi connectivity index (χ1n) is 6.71. The van der Waals surface area contributed by atoms with Crippen molar-refractivity contribution in [1.82, 2.24) is 20.2 Å². The zero-order valence-electron chi connectivity index (χ0n) is 11.3. The molecule has 0 atom stereocenters. The van der Waals surface area contributed by atoms with Gasteiger partial charge in [-0.15, -0.1) is 0 Å². The highest BCUT2D eigenvalue weighted by atomic mass is 16.1. The van der Waals surface area contributed by atoms with Gasteiger partial charge in [-0.2, -0.15) is 5.10 Å². The van der Waals surface area contributed by atoms with Crippen LogP contribution in [0.5, 0.6) is 0 Å². The van der Waals surface area contributed by atoms with Gasteiger partial charge in [-0.3, -0.25) is 9.89 Å². The lowest BCUT2D eigenvalue weighted by atomic mass is 10.1. The fraction of sp³-hybridized carbons (Fsp3) is 0.214. The number of carbonyl (C=O) groups excluding carboxylic acids is 1. The van der Waals surface area contributed by atoms with Crippen LogP contribution in [0.3, 0.4) is 0 Å². The molecule has 1 aromatic carbocycles. The number of fused-ring (bicyclic) bond motifs is 1. The Labute approximate surface area is 119 Å². The fourth-order valence-corrected chi connectivity index (χ4v) is 2.23. The first-order valence-corrected chi connectivity index (χ1v) is 6.71. The van der Waals surface area contributed by atoms with Crippen LogP contribution >= 0.6 is 0 Å². The highest BCUT2D eigenvalue weighted by molar-refractivity contribution is 5.89. The van der Waals surface area contributed by atoms with E-state index in [1.807, 2.05) is 18.2 Å². The molecular weight excluding hydrogens is 270 g/mol. The van der Waals surface area contributed by atoms with Crippen LogP contribution in [-0.4, -0.2) is 26.1 Å². The fourth-order valence-electron chi connectivity index (χ4n) is 2.23. The van der Waals surface area contributed by atoms with Crippen LogP contribution in [0, 0.1) is 0 Å². The summed E-state index contributed by atoms with van der Waals surface area (Å²) in [5, 5.41) is 9.17. The van der Waals surface area contributed by atoms with E-state index in [0.29, 0.717) is 12.2 Å². The Bertz CT molecular complexity index is 800. The molecule has 0 saturated carbocycles. The van der Waals surface area contributed by atoms with Gasteiger partial charge in [0.05, 0.1) is 17.2 Å². The zero-order chi connectivity index (χ0) is 14.7. The Balaban J connectivity index is 1.54. The van der Waals surface area contributed by atoms with Gasteiger partial charge in [-0.05, 0) is 30.5 Å². The Kier molecular flexibility index (Phi) is 3.55. The summed E-state index contributed by atoms with van der Waals surface area (Å²) in [6.45, 7) is 0. The average Bonchev–Trinajstić information content (AvgIpc) is 3.06. The second kappa shape index (κ2) is 5.66. The summed E-state index contributed by atoms with van der Waals surface area (Å²) in [5.41, 5.74) is 2.47. The van der Waals surface area contributed by atoms with Crippen molar-refractivity contribution in [2.75, 3.05) is 5.32 Å². The number of imidazole rings is 1. The summed E-state index contributed by atoms with van der Waals surface area (Å²) >= 11 is 0. The predicted molar refractivity (Wildman–Crippen MR) is 79.1 cm³/mol. The first-order chi connectivity index (χ1) is 10.2. The third kappa shape index (κ3) is 3.19. The molecule has 0 unspecified atom stereocenters. The lowest BCUT2D eigenvalue weighted by Crippen LogP contribution is -2.11. The van der Waals surface area contributed by atoms with Gasteiger partial charge in [0.15, 0.2) is 0 Å². The van der Waals surface area contributed by atoms with Gasteiger partial charge in [-0.1, -0.05) is 6.07 Å². The van der Waals surface area contributed by atoms with E-state index in [4.69, 9.17) is 0 Å². The quantitative estimate of drug-likeness (QED) is 0.571. The number of nitrogens with zero attached hydrogens (tertiary/aromatic N) is 1. The molecule has 2 aromatic heterocycles. The van der Waals surface area contributed by atoms with Crippen LogP contribution in [0.4, 0.5) is 5.82 Å². The maximum Gasteiger partial charge on any atom is 0.323 e. The normalized spacial score (nSPS) is 10.9. The van der Waals surface area contributed by atoms with Crippen LogP contribution in [0.1, 0.15) is 18.4 Å². The Morgan fingerprint density at radius 1 is 1.19 bits per heavy atom. The number of hydrogen-bond donors (Lipinski definition) is 4. The number of aromatic amines is 3. The number of H-pyrrole nitrogens is 3. The minimum absolute atomic E-state index is 0.0459. The lowest BCUT2D eigenvalue weighted by molar-refractivity contribution is -0.116. The average molecular weight is 285 g/mol. The summed E-state index contributed by atoms with van der Waals surface area (Å²) in [6.07, 6.45) is 3.53. The molecule has 7 nitrogen and oxygen atoms in total. The number of aromatic nitrogens is 4. The Hall–Kier alpha value is -2.83. The standard InChI is InChI=1S/C14H15N5O2/c20-13(18-12-6-7-15-19-12)3-1-2-9-4-5-10-11(8-9)17-14(21)16-10/h4-8H,1-3H2,(H2,16,17,21)(H2,15,18,19,20). The number of amides is 1. The summed E-state index contributed by atoms with van der Waals surface area (Å²) in [4.78, 5) is 28.3. The monoisotopic (exact) mass is 285 g/mol. The van der Waals surface area contributed by atoms with Crippen LogP contribution in [0.2, 0.25) is 0 Å². The topological polar surface area (TPSA) is 106 Å². The number of aryl methyl sites for hydroxylation is 1. The molecule has 3 rings (SSSR count). The third-order valence-corrected chi connectivity index (χ3v) is 3.22. The molecule has 0 radical (unpaired) electrons. The number of rotatable bonds is 5. The zero-order valence-corrected chi connectivity index (χ0v) is 11.3. The van der Waals surface area contributed by atoms with Crippen LogP contribution in [0.25, 0.3) is 11.0 Å². The number of carbonyl (C=O) groups is 1. The molecule has 4 N–H and O–H groups in total. The maximum atomic E-state index is 11.7. The van der Waals surface area contributed by atoms with E-state index < -0.39 is 0 Å². The van der Waals surface area contributed by atoms with E-state index in [9.17, 15) is 9.59 Å². The van der Waals surface area contributed by atoms with E-state index >= 15 is 0 Å². The summed E-state index contributed by atoms with van der Waals surface area (Å²) < 4.78 is 0. The second-order valence-corrected chi connectivity index (χ2v) is 4.83. The summed E-state index contributed by atoms with van der Waals surface area (Å²) in [5.74, 6) is 0.557. The maximum absolute atomic E-state index is 11.7. The van der Waals surface area contributed by atoms with Gasteiger partial charge in [0.25, 0.3) is 0 Å². The smallest absolute Gasteiger partial charge is 0.311 e. The summed E-state index contributed by atoms with van der Waals surface area (Å²) in [6, 6.07) is 7.46. The molecule has 3 aromatic rings. The van der Waals surface area contributed by atoms with Crippen molar-refractivity contribution < 1.29 is 4.79 Å². The van der Waals surface area contributed by atoms with Crippen LogP contribution in [-0.2, 0) is 11.2 Å². The molecule has 21 heavy (non-hydrogen) atoms. The third-order valence-electron chi connectivity index (χ3n) is 3.22. The molecular formula is C14H15N5O2. The molecule has 1 amide bonds. The molecule has 0 saturated heterocycles. The Morgan fingerprint density at radius 2 is 2.05 bits per heavy atom. The van der Waals surface area contributed by atoms with Gasteiger partial charge in [-0.25, -0.2) is 4.79 Å². The SMILES string of the molecule is O=C(CCCc1ccc2[nH]c(=O)[nH]c2c1)Nc1ccn[nH]1. The van der Waals surface area contributed by atoms with Gasteiger partial charge < -0.3 is 15.3 Å². The molecule has 2 heterocycles. The lowest BCUT2D eigenvalue weighted by Gasteiger charge is -2.03. The van der Waals surface area contributed by atoms with E-state index in [1.165, 1.54) is 0 Å². The summed E-state index contributed by atoms with van der Waals surface area (Å²) in [7, 11) is 0.